The molecule has 0 aliphatic carbocycles. The van der Waals surface area contributed by atoms with Crippen LogP contribution >= 0.6 is 0 Å². The maximum absolute atomic E-state index is 15.7. The van der Waals surface area contributed by atoms with Gasteiger partial charge in [-0.3, -0.25) is 29.7 Å². The first kappa shape index (κ1) is 39.7. The van der Waals surface area contributed by atoms with Crippen molar-refractivity contribution in [2.75, 3.05) is 29.9 Å². The van der Waals surface area contributed by atoms with E-state index >= 15 is 4.39 Å². The van der Waals surface area contributed by atoms with E-state index in [0.29, 0.717) is 34.4 Å². The van der Waals surface area contributed by atoms with Gasteiger partial charge in [-0.25, -0.2) is 22.6 Å². The fraction of sp³-hybridized carbons (Fsp3) is 0.310. The smallest absolute Gasteiger partial charge is 0.329 e. The van der Waals surface area contributed by atoms with E-state index in [4.69, 9.17) is 4.74 Å². The van der Waals surface area contributed by atoms with E-state index in [2.05, 4.69) is 65.0 Å². The summed E-state index contributed by atoms with van der Waals surface area (Å²) in [7, 11) is -2.23. The number of anilines is 3. The lowest BCUT2D eigenvalue weighted by molar-refractivity contribution is -0.120. The average molecular weight is 847 g/mol. The molecule has 61 heavy (non-hydrogen) atoms. The minimum Gasteiger partial charge on any atom is -0.485 e. The summed E-state index contributed by atoms with van der Waals surface area (Å²) in [4.78, 5) is 37.0. The van der Waals surface area contributed by atoms with Crippen molar-refractivity contribution in [1.29, 1.82) is 0 Å². The number of aryl methyl sites for hydroxylation is 1. The molecule has 0 radical (unpaired) electrons. The molecule has 6 heterocycles. The fourth-order valence-electron chi connectivity index (χ4n) is 8.09. The van der Waals surface area contributed by atoms with Crippen molar-refractivity contribution in [2.45, 2.75) is 67.9 Å². The van der Waals surface area contributed by atoms with Crippen LogP contribution in [0.4, 0.5) is 26.6 Å². The number of aromatic amines is 1. The summed E-state index contributed by atoms with van der Waals surface area (Å²) < 4.78 is 52.8. The zero-order valence-corrected chi connectivity index (χ0v) is 34.6. The number of carbonyl (C=O) groups is 2. The topological polar surface area (TPSA) is 198 Å². The summed E-state index contributed by atoms with van der Waals surface area (Å²) in [6.07, 6.45) is 6.59. The lowest BCUT2D eigenvalue weighted by Crippen LogP contribution is -2.49. The van der Waals surface area contributed by atoms with E-state index in [9.17, 15) is 18.0 Å². The van der Waals surface area contributed by atoms with Gasteiger partial charge in [0.2, 0.25) is 27.3 Å². The summed E-state index contributed by atoms with van der Waals surface area (Å²) in [5.74, 6) is 0.195. The molecule has 1 atom stereocenters. The molecule has 1 unspecified atom stereocenters. The number of rotatable bonds is 11. The first-order valence-corrected chi connectivity index (χ1v) is 21.5. The van der Waals surface area contributed by atoms with Gasteiger partial charge in [-0.2, -0.15) is 19.7 Å². The Bertz CT molecular complexity index is 2920. The van der Waals surface area contributed by atoms with Crippen LogP contribution in [0.15, 0.2) is 89.2 Å². The van der Waals surface area contributed by atoms with Crippen LogP contribution < -0.4 is 20.3 Å². The van der Waals surface area contributed by atoms with Crippen LogP contribution in [-0.2, 0) is 21.7 Å². The number of fused-ring (bicyclic) bond motifs is 2. The Balaban J connectivity index is 0.873. The quantitative estimate of drug-likeness (QED) is 0.132. The van der Waals surface area contributed by atoms with E-state index in [1.165, 1.54) is 39.5 Å². The van der Waals surface area contributed by atoms with Gasteiger partial charge < -0.3 is 10.1 Å². The number of hydrogen-bond donors (Lipinski definition) is 3. The standard InChI is InChI=1S/C42H43FN12O5S/c1-24(2)60-38-37(29-21-45-46-22-29)44-23-55-40(38)49-41(51-55)47-34-11-9-31(20-33(34)43)61(58,59)30-7-5-6-27(18-30)25(3)53-15-12-26(13-16-53)28-8-10-32-35(19-28)52(4)50-39(32)54-17-14-36(56)48-42(54)57/h5-11,18-26H,12-17H2,1-4H3,(H,45,46)(H,47,51)(H,48,56,57). The van der Waals surface area contributed by atoms with E-state index in [-0.39, 0.29) is 52.4 Å². The Kier molecular flexibility index (Phi) is 10.2. The molecule has 0 spiro atoms. The number of piperidine rings is 1. The Morgan fingerprint density at radius 2 is 1.77 bits per heavy atom. The molecule has 17 nitrogen and oxygen atoms in total. The summed E-state index contributed by atoms with van der Waals surface area (Å²) in [5.41, 5.74) is 4.49. The number of nitrogens with zero attached hydrogens (tertiary/aromatic N) is 9. The Morgan fingerprint density at radius 3 is 2.51 bits per heavy atom. The molecule has 2 fully saturated rings. The van der Waals surface area contributed by atoms with Gasteiger partial charge in [0, 0.05) is 43.2 Å². The monoisotopic (exact) mass is 846 g/mol. The summed E-state index contributed by atoms with van der Waals surface area (Å²) >= 11 is 0. The second-order valence-electron chi connectivity index (χ2n) is 15.6. The van der Waals surface area contributed by atoms with Gasteiger partial charge >= 0.3 is 6.03 Å². The van der Waals surface area contributed by atoms with Crippen LogP contribution in [0.25, 0.3) is 27.8 Å². The molecular formula is C42H43FN12O5S. The van der Waals surface area contributed by atoms with Gasteiger partial charge in [0.1, 0.15) is 17.8 Å². The van der Waals surface area contributed by atoms with Gasteiger partial charge in [-0.1, -0.05) is 18.2 Å². The number of ether oxygens (including phenoxy) is 1. The summed E-state index contributed by atoms with van der Waals surface area (Å²) in [5, 5.41) is 21.9. The molecule has 0 saturated carbocycles. The SMILES string of the molecule is CC(C)Oc1c(-c2cn[nH]c2)ncn2nc(Nc3ccc(S(=O)(=O)c4cccc(C(C)N5CCC(c6ccc7c(N8CCC(=O)NC8=O)nn(C)c7c6)CC5)c4)cc3F)nc12. The summed E-state index contributed by atoms with van der Waals surface area (Å²) in [6, 6.07) is 16.2. The second-order valence-corrected chi connectivity index (χ2v) is 17.5. The van der Waals surface area contributed by atoms with Crippen LogP contribution in [0.5, 0.6) is 5.75 Å². The van der Waals surface area contributed by atoms with E-state index in [1.807, 2.05) is 33.0 Å². The number of carbonyl (C=O) groups excluding carboxylic acids is 2. The third kappa shape index (κ3) is 7.54. The van der Waals surface area contributed by atoms with Crippen molar-refractivity contribution in [3.63, 3.8) is 0 Å². The van der Waals surface area contributed by atoms with Crippen molar-refractivity contribution in [1.82, 2.24) is 49.8 Å². The second kappa shape index (κ2) is 15.7. The number of imide groups is 1. The number of halogens is 1. The molecule has 9 rings (SSSR count). The first-order valence-electron chi connectivity index (χ1n) is 20.0. The van der Waals surface area contributed by atoms with Crippen molar-refractivity contribution in [3.05, 3.63) is 96.3 Å². The highest BCUT2D eigenvalue weighted by molar-refractivity contribution is 7.91. The van der Waals surface area contributed by atoms with Crippen molar-refractivity contribution in [2.24, 2.45) is 7.05 Å². The van der Waals surface area contributed by atoms with E-state index in [0.717, 1.165) is 48.5 Å². The van der Waals surface area contributed by atoms with Crippen molar-refractivity contribution < 1.29 is 27.1 Å². The third-order valence-electron chi connectivity index (χ3n) is 11.3. The predicted octanol–water partition coefficient (Wildman–Crippen LogP) is 6.29. The highest BCUT2D eigenvalue weighted by Crippen LogP contribution is 2.37. The van der Waals surface area contributed by atoms with Crippen molar-refractivity contribution in [3.8, 4) is 17.0 Å². The van der Waals surface area contributed by atoms with Gasteiger partial charge in [-0.15, -0.1) is 5.10 Å². The maximum Gasteiger partial charge on any atom is 0.329 e. The zero-order valence-electron chi connectivity index (χ0n) is 33.8. The van der Waals surface area contributed by atoms with Crippen LogP contribution in [0, 0.1) is 5.82 Å². The van der Waals surface area contributed by atoms with Gasteiger partial charge in [0.25, 0.3) is 0 Å². The minimum absolute atomic E-state index is 0.00907. The number of benzene rings is 3. The molecule has 19 heteroatoms. The number of aromatic nitrogens is 8. The van der Waals surface area contributed by atoms with E-state index < -0.39 is 21.7 Å². The van der Waals surface area contributed by atoms with Crippen LogP contribution in [0.2, 0.25) is 0 Å². The number of nitrogens with one attached hydrogen (secondary N) is 3. The Morgan fingerprint density at radius 1 is 0.967 bits per heavy atom. The largest absolute Gasteiger partial charge is 0.485 e. The number of amides is 3. The molecule has 2 aliphatic heterocycles. The lowest BCUT2D eigenvalue weighted by Gasteiger charge is -2.36. The molecular weight excluding hydrogens is 804 g/mol. The van der Waals surface area contributed by atoms with Crippen LogP contribution in [0.3, 0.4) is 0 Å². The molecule has 4 aromatic heterocycles. The molecule has 2 aliphatic rings. The zero-order chi connectivity index (χ0) is 42.6. The lowest BCUT2D eigenvalue weighted by atomic mass is 9.88. The number of likely N-dealkylation sites (tertiary alicyclic amines) is 1. The Labute approximate surface area is 349 Å². The van der Waals surface area contributed by atoms with Crippen LogP contribution in [0.1, 0.15) is 63.1 Å². The molecule has 3 amide bonds. The number of sulfone groups is 1. The van der Waals surface area contributed by atoms with Gasteiger partial charge in [-0.05, 0) is 106 Å². The van der Waals surface area contributed by atoms with Gasteiger partial charge in [0.15, 0.2) is 11.6 Å². The van der Waals surface area contributed by atoms with E-state index in [1.54, 1.807) is 29.2 Å². The maximum atomic E-state index is 15.7. The van der Waals surface area contributed by atoms with Crippen LogP contribution in [-0.4, -0.2) is 90.6 Å². The molecule has 3 N–H and O–H groups in total. The summed E-state index contributed by atoms with van der Waals surface area (Å²) in [6.45, 7) is 7.70. The minimum atomic E-state index is -4.08. The number of hydrogen-bond acceptors (Lipinski definition) is 12. The predicted molar refractivity (Wildman–Crippen MR) is 224 cm³/mol. The molecule has 3 aromatic carbocycles. The highest BCUT2D eigenvalue weighted by atomic mass is 32.2. The third-order valence-corrected chi connectivity index (χ3v) is 13.1. The first-order chi connectivity index (χ1) is 29.3. The van der Waals surface area contributed by atoms with Gasteiger partial charge in [0.05, 0.1) is 33.3 Å². The van der Waals surface area contributed by atoms with Crippen molar-refractivity contribution >= 4 is 55.8 Å². The molecule has 2 saturated heterocycles. The average Bonchev–Trinajstić information content (AvgIpc) is 4.01. The fourth-order valence-corrected chi connectivity index (χ4v) is 9.41. The number of urea groups is 1. The number of H-pyrrole nitrogens is 1. The molecule has 314 valence electrons. The Hall–Kier alpha value is -6.73. The normalized spacial score (nSPS) is 16.1. The highest BCUT2D eigenvalue weighted by Gasteiger charge is 2.30. The molecule has 0 bridgehead atoms. The molecule has 7 aromatic rings.